The average molecular weight is 226 g/mol. The van der Waals surface area contributed by atoms with Crippen LogP contribution in [0.3, 0.4) is 0 Å². The van der Waals surface area contributed by atoms with Gasteiger partial charge in [-0.1, -0.05) is 24.3 Å². The molecule has 0 atom stereocenters. The van der Waals surface area contributed by atoms with Gasteiger partial charge in [-0.2, -0.15) is 5.10 Å². The first-order valence-corrected chi connectivity index (χ1v) is 5.32. The van der Waals surface area contributed by atoms with Crippen LogP contribution in [0.5, 0.6) is 0 Å². The van der Waals surface area contributed by atoms with Gasteiger partial charge in [-0.25, -0.2) is 4.79 Å². The predicted octanol–water partition coefficient (Wildman–Crippen LogP) is 1.95. The summed E-state index contributed by atoms with van der Waals surface area (Å²) in [5.41, 5.74) is 2.77. The highest BCUT2D eigenvalue weighted by atomic mass is 16.4. The van der Waals surface area contributed by atoms with Gasteiger partial charge in [-0.05, 0) is 12.1 Å². The quantitative estimate of drug-likeness (QED) is 0.796. The van der Waals surface area contributed by atoms with Gasteiger partial charge in [0.25, 0.3) is 0 Å². The molecule has 0 bridgehead atoms. The summed E-state index contributed by atoms with van der Waals surface area (Å²) in [4.78, 5) is 11.2. The van der Waals surface area contributed by atoms with E-state index in [0.29, 0.717) is 12.1 Å². The number of rotatable bonds is 1. The molecule has 84 valence electrons. The summed E-state index contributed by atoms with van der Waals surface area (Å²) in [6.45, 7) is 0.676. The lowest BCUT2D eigenvalue weighted by Gasteiger charge is -2.28. The summed E-state index contributed by atoms with van der Waals surface area (Å²) in [7, 11) is 0. The third kappa shape index (κ3) is 1.45. The lowest BCUT2D eigenvalue weighted by molar-refractivity contribution is 0.0696. The van der Waals surface area contributed by atoms with Crippen LogP contribution in [0.2, 0.25) is 0 Å². The maximum Gasteiger partial charge on any atom is 0.336 e. The summed E-state index contributed by atoms with van der Waals surface area (Å²) in [5, 5.41) is 15.3. The number of benzene rings is 1. The number of nitrogens with zero attached hydrogens (tertiary/aromatic N) is 2. The number of carbonyl (C=O) groups is 1. The van der Waals surface area contributed by atoms with Gasteiger partial charge in [0.15, 0.2) is 0 Å². The maximum absolute atomic E-state index is 11.2. The van der Waals surface area contributed by atoms with Crippen LogP contribution < -0.4 is 0 Å². The van der Waals surface area contributed by atoms with E-state index in [4.69, 9.17) is 0 Å². The summed E-state index contributed by atoms with van der Waals surface area (Å²) >= 11 is 0. The van der Waals surface area contributed by atoms with Gasteiger partial charge in [0.1, 0.15) is 0 Å². The van der Waals surface area contributed by atoms with Crippen LogP contribution in [0, 0.1) is 0 Å². The van der Waals surface area contributed by atoms with Gasteiger partial charge in [0, 0.05) is 11.1 Å². The van der Waals surface area contributed by atoms with Crippen molar-refractivity contribution in [1.82, 2.24) is 5.01 Å². The van der Waals surface area contributed by atoms with E-state index in [1.807, 2.05) is 24.3 Å². The second-order valence-corrected chi connectivity index (χ2v) is 3.88. The fourth-order valence-electron chi connectivity index (χ4n) is 2.10. The van der Waals surface area contributed by atoms with Crippen molar-refractivity contribution in [3.05, 3.63) is 53.1 Å². The lowest BCUT2D eigenvalue weighted by atomic mass is 9.96. The monoisotopic (exact) mass is 226 g/mol. The molecule has 1 aromatic carbocycles. The molecule has 2 aliphatic rings. The van der Waals surface area contributed by atoms with Crippen molar-refractivity contribution in [3.8, 4) is 0 Å². The van der Waals surface area contributed by atoms with Crippen molar-refractivity contribution >= 4 is 17.9 Å². The Kier molecular flexibility index (Phi) is 2.08. The smallest absolute Gasteiger partial charge is 0.336 e. The molecule has 0 fully saturated rings. The Morgan fingerprint density at radius 1 is 1.41 bits per heavy atom. The molecule has 4 heteroatoms. The zero-order valence-corrected chi connectivity index (χ0v) is 9.00. The van der Waals surface area contributed by atoms with Crippen molar-refractivity contribution < 1.29 is 9.90 Å². The molecule has 0 unspecified atom stereocenters. The molecular formula is C13H10N2O2. The molecule has 0 spiro atoms. The zero-order valence-electron chi connectivity index (χ0n) is 9.00. The molecule has 1 aromatic rings. The van der Waals surface area contributed by atoms with Crippen LogP contribution >= 0.6 is 0 Å². The summed E-state index contributed by atoms with van der Waals surface area (Å²) in [5.74, 6) is -0.910. The first-order chi connectivity index (χ1) is 8.27. The largest absolute Gasteiger partial charge is 0.478 e. The number of carboxylic acid groups (broad SMARTS) is 1. The number of hydrazone groups is 1. The van der Waals surface area contributed by atoms with E-state index in [1.54, 1.807) is 23.4 Å². The first kappa shape index (κ1) is 9.84. The van der Waals surface area contributed by atoms with E-state index in [-0.39, 0.29) is 0 Å². The summed E-state index contributed by atoms with van der Waals surface area (Å²) in [6, 6.07) is 5.24. The van der Waals surface area contributed by atoms with Crippen molar-refractivity contribution in [2.24, 2.45) is 5.10 Å². The van der Waals surface area contributed by atoms with Crippen LogP contribution in [0.4, 0.5) is 0 Å². The predicted molar refractivity (Wildman–Crippen MR) is 64.8 cm³/mol. The Balaban J connectivity index is 2.28. The van der Waals surface area contributed by atoms with Gasteiger partial charge in [0.05, 0.1) is 24.0 Å². The minimum atomic E-state index is -0.910. The third-order valence-electron chi connectivity index (χ3n) is 2.87. The Morgan fingerprint density at radius 3 is 3.12 bits per heavy atom. The van der Waals surface area contributed by atoms with Crippen molar-refractivity contribution in [1.29, 1.82) is 0 Å². The number of carboxylic acids is 1. The van der Waals surface area contributed by atoms with Crippen LogP contribution in [-0.4, -0.2) is 28.8 Å². The van der Waals surface area contributed by atoms with Crippen LogP contribution in [0.15, 0.2) is 41.5 Å². The van der Waals surface area contributed by atoms with Crippen molar-refractivity contribution in [3.63, 3.8) is 0 Å². The number of hydrogen-bond acceptors (Lipinski definition) is 3. The Morgan fingerprint density at radius 2 is 2.29 bits per heavy atom. The Hall–Kier alpha value is -2.36. The number of hydrogen-bond donors (Lipinski definition) is 1. The summed E-state index contributed by atoms with van der Waals surface area (Å²) in [6.07, 6.45) is 7.51. The van der Waals surface area contributed by atoms with Crippen LogP contribution in [0.25, 0.3) is 5.70 Å². The minimum Gasteiger partial charge on any atom is -0.478 e. The molecule has 17 heavy (non-hydrogen) atoms. The topological polar surface area (TPSA) is 52.9 Å². The fraction of sp³-hybridized carbons (Fsp3) is 0.0769. The molecule has 2 heterocycles. The summed E-state index contributed by atoms with van der Waals surface area (Å²) < 4.78 is 0. The van der Waals surface area contributed by atoms with E-state index in [2.05, 4.69) is 5.10 Å². The molecule has 0 amide bonds. The molecule has 0 aromatic heterocycles. The highest BCUT2D eigenvalue weighted by Gasteiger charge is 2.24. The van der Waals surface area contributed by atoms with Crippen molar-refractivity contribution in [2.45, 2.75) is 0 Å². The SMILES string of the molecule is O=C(O)c1cccc2c1C1=CC=CCN1N=C2. The van der Waals surface area contributed by atoms with Gasteiger partial charge < -0.3 is 5.11 Å². The van der Waals surface area contributed by atoms with Gasteiger partial charge in [0.2, 0.25) is 0 Å². The van der Waals surface area contributed by atoms with E-state index in [1.165, 1.54) is 0 Å². The standard InChI is InChI=1S/C13H10N2O2/c16-13(17)10-5-3-4-9-8-14-15-7-2-1-6-11(15)12(9)10/h1-6,8H,7H2,(H,16,17). The molecule has 1 N–H and O–H groups in total. The minimum absolute atomic E-state index is 0.320. The van der Waals surface area contributed by atoms with Crippen LogP contribution in [-0.2, 0) is 0 Å². The number of fused-ring (bicyclic) bond motifs is 3. The molecular weight excluding hydrogens is 216 g/mol. The second kappa shape index (κ2) is 3.59. The molecule has 4 nitrogen and oxygen atoms in total. The first-order valence-electron chi connectivity index (χ1n) is 5.32. The van der Waals surface area contributed by atoms with E-state index in [9.17, 15) is 9.90 Å². The highest BCUT2D eigenvalue weighted by Crippen LogP contribution is 2.31. The molecule has 3 rings (SSSR count). The Bertz CT molecular complexity index is 585. The lowest BCUT2D eigenvalue weighted by Crippen LogP contribution is -2.24. The van der Waals surface area contributed by atoms with E-state index >= 15 is 0 Å². The van der Waals surface area contributed by atoms with E-state index < -0.39 is 5.97 Å². The van der Waals surface area contributed by atoms with Crippen LogP contribution in [0.1, 0.15) is 21.5 Å². The van der Waals surface area contributed by atoms with Gasteiger partial charge in [-0.3, -0.25) is 5.01 Å². The highest BCUT2D eigenvalue weighted by molar-refractivity contribution is 6.01. The zero-order chi connectivity index (χ0) is 11.8. The maximum atomic E-state index is 11.2. The average Bonchev–Trinajstić information content (AvgIpc) is 2.37. The van der Waals surface area contributed by atoms with E-state index in [0.717, 1.165) is 16.8 Å². The molecule has 0 saturated heterocycles. The van der Waals surface area contributed by atoms with Gasteiger partial charge >= 0.3 is 5.97 Å². The third-order valence-corrected chi connectivity index (χ3v) is 2.87. The normalized spacial score (nSPS) is 16.2. The Labute approximate surface area is 98.2 Å². The number of aromatic carboxylic acids is 1. The number of allylic oxidation sites excluding steroid dienone is 2. The van der Waals surface area contributed by atoms with Crippen molar-refractivity contribution in [2.75, 3.05) is 6.54 Å². The molecule has 0 radical (unpaired) electrons. The molecule has 2 aliphatic heterocycles. The van der Waals surface area contributed by atoms with Gasteiger partial charge in [-0.15, -0.1) is 0 Å². The molecule has 0 saturated carbocycles. The second-order valence-electron chi connectivity index (χ2n) is 3.88. The molecule has 0 aliphatic carbocycles. The fourth-order valence-corrected chi connectivity index (χ4v) is 2.10.